The molecule has 2 aromatic carbocycles. The fourth-order valence-corrected chi connectivity index (χ4v) is 4.07. The van der Waals surface area contributed by atoms with Crippen molar-refractivity contribution >= 4 is 16.8 Å². The van der Waals surface area contributed by atoms with Gasteiger partial charge in [-0.1, -0.05) is 51.5 Å². The van der Waals surface area contributed by atoms with E-state index in [-0.39, 0.29) is 17.5 Å². The van der Waals surface area contributed by atoms with Gasteiger partial charge in [-0.05, 0) is 56.0 Å². The van der Waals surface area contributed by atoms with E-state index in [1.165, 1.54) is 0 Å². The van der Waals surface area contributed by atoms with Crippen LogP contribution in [-0.4, -0.2) is 26.9 Å². The molecular formula is C26H33N3O2. The molecule has 0 N–H and O–H groups in total. The lowest BCUT2D eigenvalue weighted by Gasteiger charge is -2.32. The van der Waals surface area contributed by atoms with Gasteiger partial charge in [0.1, 0.15) is 5.82 Å². The normalized spacial score (nSPS) is 12.1. The molecule has 0 fully saturated rings. The summed E-state index contributed by atoms with van der Waals surface area (Å²) >= 11 is 0. The highest BCUT2D eigenvalue weighted by atomic mass is 16.2. The number of hydrogen-bond acceptors (Lipinski definition) is 3. The third-order valence-corrected chi connectivity index (χ3v) is 5.66. The molecule has 1 heterocycles. The number of para-hydroxylation sites is 1. The molecule has 0 bridgehead atoms. The lowest BCUT2D eigenvalue weighted by molar-refractivity contribution is -0.134. The van der Waals surface area contributed by atoms with Crippen LogP contribution in [-0.2, 0) is 4.79 Å². The van der Waals surface area contributed by atoms with E-state index in [0.29, 0.717) is 36.1 Å². The highest BCUT2D eigenvalue weighted by Crippen LogP contribution is 2.27. The largest absolute Gasteiger partial charge is 0.333 e. The van der Waals surface area contributed by atoms with E-state index in [1.807, 2.05) is 67.3 Å². The highest BCUT2D eigenvalue weighted by Gasteiger charge is 2.28. The predicted octanol–water partition coefficient (Wildman–Crippen LogP) is 5.57. The molecule has 1 aromatic heterocycles. The van der Waals surface area contributed by atoms with Crippen molar-refractivity contribution in [3.05, 3.63) is 70.3 Å². The minimum atomic E-state index is -0.261. The number of rotatable bonds is 9. The minimum absolute atomic E-state index is 0.0944. The quantitative estimate of drug-likeness (QED) is 0.455. The van der Waals surface area contributed by atoms with Crippen LogP contribution in [0.4, 0.5) is 0 Å². The topological polar surface area (TPSA) is 55.2 Å². The fraction of sp³-hybridized carbons (Fsp3) is 0.423. The van der Waals surface area contributed by atoms with Gasteiger partial charge >= 0.3 is 0 Å². The number of carbonyl (C=O) groups excluding carboxylic acids is 1. The van der Waals surface area contributed by atoms with Gasteiger partial charge in [0.05, 0.1) is 22.6 Å². The first kappa shape index (κ1) is 22.7. The van der Waals surface area contributed by atoms with Gasteiger partial charge in [0.25, 0.3) is 5.56 Å². The molecule has 0 spiro atoms. The maximum absolute atomic E-state index is 13.6. The monoisotopic (exact) mass is 419 g/mol. The van der Waals surface area contributed by atoms with Gasteiger partial charge in [0, 0.05) is 13.0 Å². The second kappa shape index (κ2) is 10.4. The van der Waals surface area contributed by atoms with Crippen LogP contribution < -0.4 is 5.56 Å². The summed E-state index contributed by atoms with van der Waals surface area (Å²) in [6.45, 7) is 8.89. The smallest absolute Gasteiger partial charge is 0.266 e. The van der Waals surface area contributed by atoms with Crippen molar-refractivity contribution in [2.45, 2.75) is 65.8 Å². The molecule has 0 aliphatic carbocycles. The molecule has 5 nitrogen and oxygen atoms in total. The van der Waals surface area contributed by atoms with Crippen molar-refractivity contribution in [3.8, 4) is 5.69 Å². The Balaban J connectivity index is 2.27. The molecule has 3 rings (SSSR count). The average Bonchev–Trinajstić information content (AvgIpc) is 2.76. The van der Waals surface area contributed by atoms with Crippen LogP contribution in [0.3, 0.4) is 0 Å². The zero-order valence-electron chi connectivity index (χ0n) is 19.1. The van der Waals surface area contributed by atoms with Gasteiger partial charge in [0.15, 0.2) is 0 Å². The van der Waals surface area contributed by atoms with Gasteiger partial charge in [-0.25, -0.2) is 4.98 Å². The van der Waals surface area contributed by atoms with Crippen LogP contribution in [0, 0.1) is 6.92 Å². The second-order valence-corrected chi connectivity index (χ2v) is 8.08. The Labute approximate surface area is 184 Å². The third kappa shape index (κ3) is 4.87. The zero-order valence-corrected chi connectivity index (χ0v) is 19.1. The van der Waals surface area contributed by atoms with Crippen molar-refractivity contribution in [1.29, 1.82) is 0 Å². The van der Waals surface area contributed by atoms with Crippen molar-refractivity contribution in [1.82, 2.24) is 14.5 Å². The van der Waals surface area contributed by atoms with Crippen molar-refractivity contribution in [3.63, 3.8) is 0 Å². The molecule has 0 saturated heterocycles. The first-order chi connectivity index (χ1) is 15.0. The number of hydrogen-bond donors (Lipinski definition) is 0. The van der Waals surface area contributed by atoms with Gasteiger partial charge in [-0.3, -0.25) is 14.2 Å². The van der Waals surface area contributed by atoms with Gasteiger partial charge in [-0.2, -0.15) is 0 Å². The van der Waals surface area contributed by atoms with E-state index < -0.39 is 0 Å². The summed E-state index contributed by atoms with van der Waals surface area (Å²) < 4.78 is 1.71. The predicted molar refractivity (Wildman–Crippen MR) is 127 cm³/mol. The van der Waals surface area contributed by atoms with Crippen LogP contribution >= 0.6 is 0 Å². The molecule has 31 heavy (non-hydrogen) atoms. The summed E-state index contributed by atoms with van der Waals surface area (Å²) in [5.74, 6) is 0.762. The molecule has 1 amide bonds. The van der Waals surface area contributed by atoms with E-state index in [4.69, 9.17) is 4.98 Å². The van der Waals surface area contributed by atoms with E-state index in [9.17, 15) is 9.59 Å². The first-order valence-corrected chi connectivity index (χ1v) is 11.4. The fourth-order valence-electron chi connectivity index (χ4n) is 4.07. The van der Waals surface area contributed by atoms with Crippen molar-refractivity contribution < 1.29 is 4.79 Å². The SMILES string of the molecule is CCCCN(C(=O)CCC)C(CC)c1nc2ccccc2c(=O)n1-c1cccc(C)c1. The number of nitrogens with zero attached hydrogens (tertiary/aromatic N) is 3. The Kier molecular flexibility index (Phi) is 7.61. The molecule has 5 heteroatoms. The molecule has 0 radical (unpaired) electrons. The van der Waals surface area contributed by atoms with Gasteiger partial charge in [-0.15, -0.1) is 0 Å². The van der Waals surface area contributed by atoms with E-state index >= 15 is 0 Å². The maximum atomic E-state index is 13.6. The van der Waals surface area contributed by atoms with Crippen LogP contribution in [0.2, 0.25) is 0 Å². The molecule has 3 aromatic rings. The minimum Gasteiger partial charge on any atom is -0.333 e. The first-order valence-electron chi connectivity index (χ1n) is 11.4. The highest BCUT2D eigenvalue weighted by molar-refractivity contribution is 5.79. The second-order valence-electron chi connectivity index (χ2n) is 8.08. The molecular weight excluding hydrogens is 386 g/mol. The summed E-state index contributed by atoms with van der Waals surface area (Å²) in [5.41, 5.74) is 2.43. The number of aromatic nitrogens is 2. The van der Waals surface area contributed by atoms with E-state index in [2.05, 4.69) is 13.8 Å². The molecule has 1 unspecified atom stereocenters. The summed E-state index contributed by atoms with van der Waals surface area (Å²) in [6.07, 6.45) is 3.92. The standard InChI is InChI=1S/C26H33N3O2/c1-5-8-17-28(24(30)12-6-2)23(7-3)25-27-22-16-10-9-15-21(22)26(31)29(25)20-14-11-13-19(4)18-20/h9-11,13-16,18,23H,5-8,12,17H2,1-4H3. The summed E-state index contributed by atoms with van der Waals surface area (Å²) in [7, 11) is 0. The summed E-state index contributed by atoms with van der Waals surface area (Å²) in [5, 5.41) is 0.586. The molecule has 0 aliphatic heterocycles. The zero-order chi connectivity index (χ0) is 22.4. The van der Waals surface area contributed by atoms with Crippen LogP contribution in [0.15, 0.2) is 53.3 Å². The van der Waals surface area contributed by atoms with Crippen molar-refractivity contribution in [2.24, 2.45) is 0 Å². The Hall–Kier alpha value is -2.95. The van der Waals surface area contributed by atoms with E-state index in [0.717, 1.165) is 30.5 Å². The number of unbranched alkanes of at least 4 members (excludes halogenated alkanes) is 1. The number of benzene rings is 2. The Morgan fingerprint density at radius 2 is 1.84 bits per heavy atom. The van der Waals surface area contributed by atoms with Gasteiger partial charge < -0.3 is 4.90 Å². The van der Waals surface area contributed by atoms with Crippen LogP contribution in [0.25, 0.3) is 16.6 Å². The van der Waals surface area contributed by atoms with E-state index in [1.54, 1.807) is 4.57 Å². The summed E-state index contributed by atoms with van der Waals surface area (Å²) in [4.78, 5) is 33.6. The lowest BCUT2D eigenvalue weighted by Crippen LogP contribution is -2.39. The number of fused-ring (bicyclic) bond motifs is 1. The summed E-state index contributed by atoms with van der Waals surface area (Å²) in [6, 6.07) is 15.1. The average molecular weight is 420 g/mol. The van der Waals surface area contributed by atoms with Crippen LogP contribution in [0.1, 0.15) is 70.3 Å². The van der Waals surface area contributed by atoms with Crippen LogP contribution in [0.5, 0.6) is 0 Å². The number of amides is 1. The third-order valence-electron chi connectivity index (χ3n) is 5.66. The molecule has 0 aliphatic rings. The lowest BCUT2D eigenvalue weighted by atomic mass is 10.1. The Morgan fingerprint density at radius 3 is 2.52 bits per heavy atom. The number of carbonyl (C=O) groups is 1. The number of aryl methyl sites for hydroxylation is 1. The Bertz CT molecular complexity index is 1100. The molecule has 164 valence electrons. The molecule has 0 saturated carbocycles. The van der Waals surface area contributed by atoms with Crippen molar-refractivity contribution in [2.75, 3.05) is 6.54 Å². The van der Waals surface area contributed by atoms with Gasteiger partial charge in [0.2, 0.25) is 5.91 Å². The molecule has 1 atom stereocenters. The maximum Gasteiger partial charge on any atom is 0.266 e. The Morgan fingerprint density at radius 1 is 1.06 bits per heavy atom.